The number of carbonyl (C=O) groups excluding carboxylic acids is 1. The summed E-state index contributed by atoms with van der Waals surface area (Å²) in [5.41, 5.74) is 2.63. The summed E-state index contributed by atoms with van der Waals surface area (Å²) in [5.74, 6) is 0.0964. The fraction of sp³-hybridized carbons (Fsp3) is 0.133. The lowest BCUT2D eigenvalue weighted by molar-refractivity contribution is 0.112. The van der Waals surface area contributed by atoms with E-state index in [1.807, 2.05) is 12.1 Å². The summed E-state index contributed by atoms with van der Waals surface area (Å²) in [6, 6.07) is 10.5. The minimum absolute atomic E-state index is 0.0151. The quantitative estimate of drug-likeness (QED) is 0.826. The Morgan fingerprint density at radius 1 is 1.16 bits per heavy atom. The van der Waals surface area contributed by atoms with Crippen molar-refractivity contribution < 1.29 is 19.7 Å². The molecule has 4 heteroatoms. The van der Waals surface area contributed by atoms with E-state index in [9.17, 15) is 9.90 Å². The number of aromatic hydroxyl groups is 1. The van der Waals surface area contributed by atoms with Gasteiger partial charge in [0.05, 0.1) is 19.3 Å². The summed E-state index contributed by atoms with van der Waals surface area (Å²) in [6.07, 6.45) is 0.587. The standard InChI is InChI=1S/C15H14O4/c1-19-14-7-12(6-13(9-17)15(14)18)11-4-2-10(8-16)3-5-11/h2-7,9,16,18H,8H2,1H3. The van der Waals surface area contributed by atoms with Gasteiger partial charge in [-0.25, -0.2) is 0 Å². The number of carbonyl (C=O) groups is 1. The fourth-order valence-electron chi connectivity index (χ4n) is 1.84. The number of aldehydes is 1. The van der Waals surface area contributed by atoms with Crippen molar-refractivity contribution in [1.29, 1.82) is 0 Å². The Kier molecular flexibility index (Phi) is 3.82. The number of hydrogen-bond donors (Lipinski definition) is 2. The van der Waals surface area contributed by atoms with Crippen LogP contribution in [0.2, 0.25) is 0 Å². The van der Waals surface area contributed by atoms with Crippen LogP contribution in [-0.2, 0) is 6.61 Å². The van der Waals surface area contributed by atoms with Crippen LogP contribution in [0.4, 0.5) is 0 Å². The summed E-state index contributed by atoms with van der Waals surface area (Å²) in [7, 11) is 1.43. The van der Waals surface area contributed by atoms with E-state index in [-0.39, 0.29) is 23.7 Å². The van der Waals surface area contributed by atoms with Crippen molar-refractivity contribution >= 4 is 6.29 Å². The van der Waals surface area contributed by atoms with Crippen LogP contribution in [0.15, 0.2) is 36.4 Å². The van der Waals surface area contributed by atoms with Crippen LogP contribution in [-0.4, -0.2) is 23.6 Å². The zero-order valence-corrected chi connectivity index (χ0v) is 10.5. The van der Waals surface area contributed by atoms with E-state index in [4.69, 9.17) is 9.84 Å². The zero-order chi connectivity index (χ0) is 13.8. The van der Waals surface area contributed by atoms with Crippen LogP contribution in [0.3, 0.4) is 0 Å². The van der Waals surface area contributed by atoms with Crippen molar-refractivity contribution in [2.75, 3.05) is 7.11 Å². The second-order valence-electron chi connectivity index (χ2n) is 4.09. The highest BCUT2D eigenvalue weighted by atomic mass is 16.5. The van der Waals surface area contributed by atoms with Crippen LogP contribution in [0.1, 0.15) is 15.9 Å². The molecule has 0 spiro atoms. The molecule has 4 nitrogen and oxygen atoms in total. The highest BCUT2D eigenvalue weighted by Gasteiger charge is 2.11. The maximum absolute atomic E-state index is 10.9. The largest absolute Gasteiger partial charge is 0.504 e. The molecule has 2 N–H and O–H groups in total. The molecule has 0 heterocycles. The summed E-state index contributed by atoms with van der Waals surface area (Å²) in [4.78, 5) is 10.9. The van der Waals surface area contributed by atoms with E-state index >= 15 is 0 Å². The number of ether oxygens (including phenoxy) is 1. The van der Waals surface area contributed by atoms with Gasteiger partial charge in [0.25, 0.3) is 0 Å². The Hall–Kier alpha value is -2.33. The first kappa shape index (κ1) is 13.1. The molecular weight excluding hydrogens is 244 g/mol. The molecule has 0 saturated heterocycles. The Balaban J connectivity index is 2.51. The van der Waals surface area contributed by atoms with Gasteiger partial charge in [-0.1, -0.05) is 24.3 Å². The number of rotatable bonds is 4. The second-order valence-corrected chi connectivity index (χ2v) is 4.09. The van der Waals surface area contributed by atoms with Crippen molar-refractivity contribution in [3.63, 3.8) is 0 Å². The van der Waals surface area contributed by atoms with Gasteiger partial charge in [-0.3, -0.25) is 4.79 Å². The van der Waals surface area contributed by atoms with Gasteiger partial charge in [0.2, 0.25) is 0 Å². The predicted octanol–water partition coefficient (Wildman–Crippen LogP) is 2.37. The van der Waals surface area contributed by atoms with Crippen molar-refractivity contribution in [3.05, 3.63) is 47.5 Å². The lowest BCUT2D eigenvalue weighted by atomic mass is 10.0. The Morgan fingerprint density at radius 2 is 1.84 bits per heavy atom. The lowest BCUT2D eigenvalue weighted by Gasteiger charge is -2.09. The highest BCUT2D eigenvalue weighted by molar-refractivity contribution is 5.85. The molecule has 0 amide bonds. The Bertz CT molecular complexity index is 588. The molecule has 0 fully saturated rings. The summed E-state index contributed by atoms with van der Waals surface area (Å²) in [5, 5.41) is 18.8. The number of aliphatic hydroxyl groups excluding tert-OH is 1. The fourth-order valence-corrected chi connectivity index (χ4v) is 1.84. The first-order valence-corrected chi connectivity index (χ1v) is 5.76. The number of aliphatic hydroxyl groups is 1. The third-order valence-corrected chi connectivity index (χ3v) is 2.92. The van der Waals surface area contributed by atoms with E-state index in [0.29, 0.717) is 6.29 Å². The molecule has 0 aromatic heterocycles. The normalized spacial score (nSPS) is 10.2. The number of phenols is 1. The molecule has 0 aliphatic heterocycles. The monoisotopic (exact) mass is 258 g/mol. The smallest absolute Gasteiger partial charge is 0.168 e. The number of methoxy groups -OCH3 is 1. The third-order valence-electron chi connectivity index (χ3n) is 2.92. The van der Waals surface area contributed by atoms with Crippen LogP contribution in [0.25, 0.3) is 11.1 Å². The van der Waals surface area contributed by atoms with Gasteiger partial charge in [0.1, 0.15) is 0 Å². The maximum Gasteiger partial charge on any atom is 0.168 e. The highest BCUT2D eigenvalue weighted by Crippen LogP contribution is 2.34. The first-order valence-electron chi connectivity index (χ1n) is 5.76. The molecule has 19 heavy (non-hydrogen) atoms. The molecule has 2 aromatic rings. The van der Waals surface area contributed by atoms with Crippen LogP contribution in [0.5, 0.6) is 11.5 Å². The molecule has 0 radical (unpaired) electrons. The topological polar surface area (TPSA) is 66.8 Å². The van der Waals surface area contributed by atoms with E-state index in [0.717, 1.165) is 16.7 Å². The van der Waals surface area contributed by atoms with Crippen LogP contribution in [0, 0.1) is 0 Å². The van der Waals surface area contributed by atoms with E-state index in [1.54, 1.807) is 24.3 Å². The minimum atomic E-state index is -0.159. The van der Waals surface area contributed by atoms with Crippen LogP contribution < -0.4 is 4.74 Å². The molecule has 0 saturated carbocycles. The molecule has 0 aliphatic carbocycles. The Labute approximate surface area is 110 Å². The van der Waals surface area contributed by atoms with Gasteiger partial charge in [-0.2, -0.15) is 0 Å². The number of benzene rings is 2. The SMILES string of the molecule is COc1cc(-c2ccc(CO)cc2)cc(C=O)c1O. The molecule has 2 aromatic carbocycles. The zero-order valence-electron chi connectivity index (χ0n) is 10.5. The van der Waals surface area contributed by atoms with Crippen LogP contribution >= 0.6 is 0 Å². The summed E-state index contributed by atoms with van der Waals surface area (Å²) < 4.78 is 5.05. The van der Waals surface area contributed by atoms with Gasteiger partial charge in [-0.05, 0) is 28.8 Å². The molecular formula is C15H14O4. The molecule has 2 rings (SSSR count). The van der Waals surface area contributed by atoms with Crippen molar-refractivity contribution in [2.24, 2.45) is 0 Å². The van der Waals surface area contributed by atoms with Crippen molar-refractivity contribution in [2.45, 2.75) is 6.61 Å². The average Bonchev–Trinajstić information content (AvgIpc) is 2.47. The van der Waals surface area contributed by atoms with Gasteiger partial charge < -0.3 is 14.9 Å². The van der Waals surface area contributed by atoms with Crippen molar-refractivity contribution in [3.8, 4) is 22.6 Å². The van der Waals surface area contributed by atoms with Gasteiger partial charge in [0, 0.05) is 0 Å². The second kappa shape index (κ2) is 5.54. The Morgan fingerprint density at radius 3 is 2.37 bits per heavy atom. The van der Waals surface area contributed by atoms with E-state index in [1.165, 1.54) is 7.11 Å². The average molecular weight is 258 g/mol. The molecule has 0 bridgehead atoms. The molecule has 0 unspecified atom stereocenters. The van der Waals surface area contributed by atoms with Gasteiger partial charge in [0.15, 0.2) is 17.8 Å². The summed E-state index contributed by atoms with van der Waals surface area (Å²) in [6.45, 7) is -0.0151. The van der Waals surface area contributed by atoms with E-state index < -0.39 is 0 Å². The first-order chi connectivity index (χ1) is 9.19. The minimum Gasteiger partial charge on any atom is -0.504 e. The van der Waals surface area contributed by atoms with Crippen molar-refractivity contribution in [1.82, 2.24) is 0 Å². The van der Waals surface area contributed by atoms with E-state index in [2.05, 4.69) is 0 Å². The van der Waals surface area contributed by atoms with Gasteiger partial charge >= 0.3 is 0 Å². The molecule has 0 atom stereocenters. The van der Waals surface area contributed by atoms with Gasteiger partial charge in [-0.15, -0.1) is 0 Å². The molecule has 98 valence electrons. The number of phenolic OH excluding ortho intramolecular Hbond substituents is 1. The number of hydrogen-bond acceptors (Lipinski definition) is 4. The lowest BCUT2D eigenvalue weighted by Crippen LogP contribution is -1.91. The summed E-state index contributed by atoms with van der Waals surface area (Å²) >= 11 is 0. The third kappa shape index (κ3) is 2.58. The maximum atomic E-state index is 10.9. The predicted molar refractivity (Wildman–Crippen MR) is 71.4 cm³/mol. The molecule has 0 aliphatic rings.